The van der Waals surface area contributed by atoms with Crippen molar-refractivity contribution in [3.63, 3.8) is 0 Å². The molecule has 0 unspecified atom stereocenters. The quantitative estimate of drug-likeness (QED) is 0.428. The lowest BCUT2D eigenvalue weighted by atomic mass is 10.1. The van der Waals surface area contributed by atoms with Crippen LogP contribution in [0.2, 0.25) is 0 Å². The van der Waals surface area contributed by atoms with E-state index in [1.54, 1.807) is 50.6 Å². The summed E-state index contributed by atoms with van der Waals surface area (Å²) in [5, 5.41) is 7.56. The van der Waals surface area contributed by atoms with E-state index in [1.165, 1.54) is 16.8 Å². The third kappa shape index (κ3) is 4.48. The second-order valence-corrected chi connectivity index (χ2v) is 7.74. The number of carbonyl (C=O) groups is 1. The van der Waals surface area contributed by atoms with Crippen LogP contribution in [-0.4, -0.2) is 36.7 Å². The first kappa shape index (κ1) is 22.3. The van der Waals surface area contributed by atoms with Gasteiger partial charge in [0.25, 0.3) is 5.91 Å². The first-order valence-corrected chi connectivity index (χ1v) is 10.8. The predicted molar refractivity (Wildman–Crippen MR) is 126 cm³/mol. The van der Waals surface area contributed by atoms with Crippen molar-refractivity contribution >= 4 is 5.91 Å². The minimum absolute atomic E-state index is 0.180. The average molecular weight is 475 g/mol. The second kappa shape index (κ2) is 9.38. The number of fused-ring (bicyclic) bond motifs is 1. The zero-order valence-electron chi connectivity index (χ0n) is 19.1. The summed E-state index contributed by atoms with van der Waals surface area (Å²) in [5.41, 5.74) is 2.87. The van der Waals surface area contributed by atoms with Crippen molar-refractivity contribution in [2.75, 3.05) is 21.0 Å². The van der Waals surface area contributed by atoms with Crippen LogP contribution in [0.5, 0.6) is 23.0 Å². The van der Waals surface area contributed by atoms with E-state index in [-0.39, 0.29) is 30.8 Å². The molecule has 0 saturated heterocycles. The maximum Gasteiger partial charge on any atom is 0.270 e. The number of amides is 1. The molecule has 35 heavy (non-hydrogen) atoms. The van der Waals surface area contributed by atoms with Crippen LogP contribution in [0.15, 0.2) is 66.7 Å². The smallest absolute Gasteiger partial charge is 0.270 e. The summed E-state index contributed by atoms with van der Waals surface area (Å²) in [4.78, 5) is 13.3. The van der Waals surface area contributed by atoms with Crippen molar-refractivity contribution in [1.82, 2.24) is 15.1 Å². The van der Waals surface area contributed by atoms with Gasteiger partial charge >= 0.3 is 0 Å². The van der Waals surface area contributed by atoms with E-state index in [1.807, 2.05) is 18.2 Å². The fourth-order valence-electron chi connectivity index (χ4n) is 3.79. The van der Waals surface area contributed by atoms with Gasteiger partial charge in [-0.15, -0.1) is 0 Å². The second-order valence-electron chi connectivity index (χ2n) is 7.74. The van der Waals surface area contributed by atoms with Gasteiger partial charge in [0.05, 0.1) is 25.6 Å². The Labute approximate surface area is 200 Å². The predicted octanol–water partition coefficient (Wildman–Crippen LogP) is 4.35. The van der Waals surface area contributed by atoms with Crippen molar-refractivity contribution in [3.8, 4) is 39.9 Å². The lowest BCUT2D eigenvalue weighted by molar-refractivity contribution is 0.0943. The number of hydrogen-bond donors (Lipinski definition) is 1. The highest BCUT2D eigenvalue weighted by Crippen LogP contribution is 2.34. The summed E-state index contributed by atoms with van der Waals surface area (Å²) in [5.74, 6) is 1.75. The summed E-state index contributed by atoms with van der Waals surface area (Å²) < 4.78 is 36.6. The molecule has 0 fully saturated rings. The van der Waals surface area contributed by atoms with Gasteiger partial charge in [0, 0.05) is 18.2 Å². The summed E-state index contributed by atoms with van der Waals surface area (Å²) in [6.45, 7) is 0.449. The van der Waals surface area contributed by atoms with E-state index in [9.17, 15) is 9.18 Å². The maximum absolute atomic E-state index is 13.5. The summed E-state index contributed by atoms with van der Waals surface area (Å²) >= 11 is 0. The molecule has 1 aromatic heterocycles. The molecular weight excluding hydrogens is 453 g/mol. The summed E-state index contributed by atoms with van der Waals surface area (Å²) in [6.07, 6.45) is 0. The number of rotatable bonds is 7. The Morgan fingerprint density at radius 1 is 1.00 bits per heavy atom. The van der Waals surface area contributed by atoms with E-state index >= 15 is 0 Å². The maximum atomic E-state index is 13.5. The molecular formula is C26H22FN3O5. The third-order valence-corrected chi connectivity index (χ3v) is 5.59. The third-order valence-electron chi connectivity index (χ3n) is 5.59. The van der Waals surface area contributed by atoms with Crippen molar-refractivity contribution in [2.45, 2.75) is 6.54 Å². The number of hydrogen-bond acceptors (Lipinski definition) is 6. The normalized spacial score (nSPS) is 11.9. The van der Waals surface area contributed by atoms with Crippen molar-refractivity contribution < 1.29 is 28.1 Å². The van der Waals surface area contributed by atoms with Crippen LogP contribution < -0.4 is 24.3 Å². The first-order chi connectivity index (χ1) is 17.1. The molecule has 9 heteroatoms. The van der Waals surface area contributed by atoms with Crippen LogP contribution in [0.3, 0.4) is 0 Å². The summed E-state index contributed by atoms with van der Waals surface area (Å²) in [6, 6.07) is 18.3. The number of methoxy groups -OCH3 is 2. The van der Waals surface area contributed by atoms with Crippen LogP contribution in [-0.2, 0) is 6.54 Å². The molecule has 5 rings (SSSR count). The van der Waals surface area contributed by atoms with Crippen LogP contribution in [0.25, 0.3) is 16.9 Å². The SMILES string of the molecule is COc1ccc(-c2cc(C(=O)NCc3ccc4c(c3)OCO4)n(-c3ccc(F)cc3)n2)c(OC)c1. The Morgan fingerprint density at radius 2 is 1.80 bits per heavy atom. The Balaban J connectivity index is 1.48. The van der Waals surface area contributed by atoms with Gasteiger partial charge in [0.15, 0.2) is 11.5 Å². The zero-order valence-corrected chi connectivity index (χ0v) is 19.1. The molecule has 0 atom stereocenters. The monoisotopic (exact) mass is 475 g/mol. The molecule has 0 bridgehead atoms. The highest BCUT2D eigenvalue weighted by atomic mass is 19.1. The van der Waals surface area contributed by atoms with E-state index < -0.39 is 0 Å². The van der Waals surface area contributed by atoms with Gasteiger partial charge < -0.3 is 24.3 Å². The number of halogens is 1. The molecule has 0 radical (unpaired) electrons. The van der Waals surface area contributed by atoms with E-state index in [0.717, 1.165) is 5.56 Å². The van der Waals surface area contributed by atoms with Crippen LogP contribution in [0.1, 0.15) is 16.1 Å². The standard InChI is InChI=1S/C26H22FN3O5/c1-32-19-8-9-20(24(12-19)33-2)21-13-22(30(29-21)18-6-4-17(27)5-7-18)26(31)28-14-16-3-10-23-25(11-16)35-15-34-23/h3-13H,14-15H2,1-2H3,(H,28,31). The molecule has 1 aliphatic heterocycles. The van der Waals surface area contributed by atoms with E-state index in [0.29, 0.717) is 39.9 Å². The van der Waals surface area contributed by atoms with Gasteiger partial charge in [-0.05, 0) is 60.2 Å². The lowest BCUT2D eigenvalue weighted by Crippen LogP contribution is -2.25. The minimum atomic E-state index is -0.383. The molecule has 1 N–H and O–H groups in total. The summed E-state index contributed by atoms with van der Waals surface area (Å²) in [7, 11) is 3.12. The average Bonchev–Trinajstić information content (AvgIpc) is 3.54. The van der Waals surface area contributed by atoms with E-state index in [4.69, 9.17) is 18.9 Å². The lowest BCUT2D eigenvalue weighted by Gasteiger charge is -2.09. The largest absolute Gasteiger partial charge is 0.497 e. The van der Waals surface area contributed by atoms with Gasteiger partial charge in [0.2, 0.25) is 6.79 Å². The van der Waals surface area contributed by atoms with Crippen LogP contribution in [0, 0.1) is 5.82 Å². The molecule has 1 aliphatic rings. The number of aromatic nitrogens is 2. The molecule has 0 spiro atoms. The Hall–Kier alpha value is -4.53. The highest BCUT2D eigenvalue weighted by molar-refractivity contribution is 5.94. The molecule has 178 valence electrons. The zero-order chi connectivity index (χ0) is 24.4. The van der Waals surface area contributed by atoms with Crippen molar-refractivity contribution in [1.29, 1.82) is 0 Å². The molecule has 4 aromatic rings. The minimum Gasteiger partial charge on any atom is -0.497 e. The topological polar surface area (TPSA) is 83.8 Å². The Bertz CT molecular complexity index is 1380. The molecule has 3 aromatic carbocycles. The molecule has 2 heterocycles. The molecule has 1 amide bonds. The van der Waals surface area contributed by atoms with Gasteiger partial charge in [0.1, 0.15) is 23.0 Å². The van der Waals surface area contributed by atoms with Crippen LogP contribution in [0.4, 0.5) is 4.39 Å². The van der Waals surface area contributed by atoms with E-state index in [2.05, 4.69) is 10.4 Å². The fraction of sp³-hybridized carbons (Fsp3) is 0.154. The highest BCUT2D eigenvalue weighted by Gasteiger charge is 2.20. The first-order valence-electron chi connectivity index (χ1n) is 10.8. The Morgan fingerprint density at radius 3 is 2.57 bits per heavy atom. The van der Waals surface area contributed by atoms with Gasteiger partial charge in [-0.3, -0.25) is 4.79 Å². The Kier molecular flexibility index (Phi) is 5.97. The molecule has 0 aliphatic carbocycles. The molecule has 8 nitrogen and oxygen atoms in total. The van der Waals surface area contributed by atoms with Crippen LogP contribution >= 0.6 is 0 Å². The van der Waals surface area contributed by atoms with Crippen molar-refractivity contribution in [2.24, 2.45) is 0 Å². The van der Waals surface area contributed by atoms with Gasteiger partial charge in [-0.2, -0.15) is 5.10 Å². The number of benzene rings is 3. The number of nitrogens with zero attached hydrogens (tertiary/aromatic N) is 2. The number of carbonyl (C=O) groups excluding carboxylic acids is 1. The van der Waals surface area contributed by atoms with Crippen molar-refractivity contribution in [3.05, 3.63) is 83.8 Å². The van der Waals surface area contributed by atoms with Gasteiger partial charge in [-0.1, -0.05) is 6.07 Å². The number of nitrogens with one attached hydrogen (secondary N) is 1. The van der Waals surface area contributed by atoms with Gasteiger partial charge in [-0.25, -0.2) is 9.07 Å². The fourth-order valence-corrected chi connectivity index (χ4v) is 3.79. The number of ether oxygens (including phenoxy) is 4. The molecule has 0 saturated carbocycles.